The number of aliphatic hydroxyl groups is 1. The van der Waals surface area contributed by atoms with Gasteiger partial charge in [-0.3, -0.25) is 0 Å². The van der Waals surface area contributed by atoms with E-state index in [4.69, 9.17) is 11.6 Å². The van der Waals surface area contributed by atoms with Crippen LogP contribution in [0.15, 0.2) is 23.0 Å². The van der Waals surface area contributed by atoms with Crippen LogP contribution in [0.2, 0.25) is 0 Å². The number of nitrogens with one attached hydrogen (secondary N) is 2. The van der Waals surface area contributed by atoms with Gasteiger partial charge in [-0.2, -0.15) is 0 Å². The molecule has 0 saturated heterocycles. The maximum Gasteiger partial charge on any atom is 0.323 e. The summed E-state index contributed by atoms with van der Waals surface area (Å²) in [6, 6.07) is 5.21. The molecule has 5 heteroatoms. The summed E-state index contributed by atoms with van der Waals surface area (Å²) in [5.74, 6) is 0. The van der Waals surface area contributed by atoms with Crippen LogP contribution in [0.25, 0.3) is 11.0 Å². The molecule has 2 aromatic rings. The third-order valence-corrected chi connectivity index (χ3v) is 2.56. The highest BCUT2D eigenvalue weighted by molar-refractivity contribution is 6.20. The maximum absolute atomic E-state index is 11.0. The van der Waals surface area contributed by atoms with Crippen LogP contribution >= 0.6 is 11.6 Å². The van der Waals surface area contributed by atoms with Gasteiger partial charge < -0.3 is 15.1 Å². The molecule has 0 spiro atoms. The Hall–Kier alpha value is -1.26. The van der Waals surface area contributed by atoms with E-state index in [0.29, 0.717) is 11.1 Å². The zero-order chi connectivity index (χ0) is 11.0. The van der Waals surface area contributed by atoms with Crippen molar-refractivity contribution in [2.75, 3.05) is 0 Å². The fraction of sp³-hybridized carbons (Fsp3) is 0.300. The topological polar surface area (TPSA) is 68.9 Å². The maximum atomic E-state index is 11.0. The number of aliphatic hydroxyl groups excluding tert-OH is 1. The summed E-state index contributed by atoms with van der Waals surface area (Å²) < 4.78 is 0. The normalized spacial score (nSPS) is 15.4. The number of aromatic nitrogens is 2. The van der Waals surface area contributed by atoms with Crippen molar-refractivity contribution in [3.05, 3.63) is 34.2 Å². The van der Waals surface area contributed by atoms with E-state index in [1.807, 2.05) is 0 Å². The Labute approximate surface area is 90.9 Å². The second-order valence-corrected chi connectivity index (χ2v) is 4.19. The number of imidazole rings is 1. The Morgan fingerprint density at radius 2 is 2.00 bits per heavy atom. The van der Waals surface area contributed by atoms with E-state index < -0.39 is 6.10 Å². The first-order valence-corrected chi connectivity index (χ1v) is 5.05. The SMILES string of the molecule is CC(Cl)C(O)c1ccc2[nH]c(=O)[nH]c2c1. The molecule has 0 radical (unpaired) electrons. The highest BCUT2D eigenvalue weighted by Gasteiger charge is 2.14. The van der Waals surface area contributed by atoms with E-state index >= 15 is 0 Å². The number of benzene rings is 1. The molecular weight excluding hydrogens is 216 g/mol. The molecule has 4 nitrogen and oxygen atoms in total. The lowest BCUT2D eigenvalue weighted by Gasteiger charge is -2.12. The van der Waals surface area contributed by atoms with Gasteiger partial charge in [0, 0.05) is 0 Å². The monoisotopic (exact) mass is 226 g/mol. The lowest BCUT2D eigenvalue weighted by atomic mass is 10.1. The minimum Gasteiger partial charge on any atom is -0.387 e. The number of rotatable bonds is 2. The predicted molar refractivity (Wildman–Crippen MR) is 59.2 cm³/mol. The fourth-order valence-corrected chi connectivity index (χ4v) is 1.64. The first kappa shape index (κ1) is 10.3. The van der Waals surface area contributed by atoms with Gasteiger partial charge in [0.2, 0.25) is 0 Å². The number of halogens is 1. The predicted octanol–water partition coefficient (Wildman–Crippen LogP) is 1.52. The Kier molecular flexibility index (Phi) is 2.54. The van der Waals surface area contributed by atoms with E-state index in [0.717, 1.165) is 5.52 Å². The van der Waals surface area contributed by atoms with Crippen molar-refractivity contribution in [1.29, 1.82) is 0 Å². The molecule has 1 heterocycles. The van der Waals surface area contributed by atoms with Crippen molar-refractivity contribution < 1.29 is 5.11 Å². The first-order valence-electron chi connectivity index (χ1n) is 4.62. The molecule has 0 saturated carbocycles. The summed E-state index contributed by atoms with van der Waals surface area (Å²) >= 11 is 5.79. The van der Waals surface area contributed by atoms with E-state index in [2.05, 4.69) is 9.97 Å². The molecule has 1 aromatic carbocycles. The lowest BCUT2D eigenvalue weighted by molar-refractivity contribution is 0.177. The van der Waals surface area contributed by atoms with Crippen molar-refractivity contribution in [3.63, 3.8) is 0 Å². The van der Waals surface area contributed by atoms with Crippen molar-refractivity contribution in [1.82, 2.24) is 9.97 Å². The number of aromatic amines is 2. The summed E-state index contributed by atoms with van der Waals surface area (Å²) in [6.07, 6.45) is -0.727. The third-order valence-electron chi connectivity index (χ3n) is 2.32. The van der Waals surface area contributed by atoms with Crippen LogP contribution in [-0.4, -0.2) is 20.5 Å². The van der Waals surface area contributed by atoms with E-state index in [1.54, 1.807) is 25.1 Å². The molecule has 0 aliphatic heterocycles. The molecule has 0 aliphatic carbocycles. The van der Waals surface area contributed by atoms with Gasteiger partial charge in [-0.05, 0) is 24.6 Å². The molecule has 15 heavy (non-hydrogen) atoms. The zero-order valence-corrected chi connectivity index (χ0v) is 8.88. The molecule has 2 rings (SSSR count). The van der Waals surface area contributed by atoms with Gasteiger partial charge in [0.25, 0.3) is 0 Å². The average Bonchev–Trinajstić information content (AvgIpc) is 2.55. The summed E-state index contributed by atoms with van der Waals surface area (Å²) in [6.45, 7) is 1.72. The Balaban J connectivity index is 2.50. The summed E-state index contributed by atoms with van der Waals surface area (Å²) in [7, 11) is 0. The lowest BCUT2D eigenvalue weighted by Crippen LogP contribution is -2.07. The molecule has 0 bridgehead atoms. The highest BCUT2D eigenvalue weighted by atomic mass is 35.5. The van der Waals surface area contributed by atoms with Crippen LogP contribution in [0.1, 0.15) is 18.6 Å². The summed E-state index contributed by atoms with van der Waals surface area (Å²) in [5.41, 5.74) is 1.84. The summed E-state index contributed by atoms with van der Waals surface area (Å²) in [4.78, 5) is 16.3. The molecule has 2 unspecified atom stereocenters. The molecule has 2 atom stereocenters. The third kappa shape index (κ3) is 1.91. The van der Waals surface area contributed by atoms with Crippen LogP contribution < -0.4 is 5.69 Å². The highest BCUT2D eigenvalue weighted by Crippen LogP contribution is 2.22. The van der Waals surface area contributed by atoms with Gasteiger partial charge >= 0.3 is 5.69 Å². The first-order chi connectivity index (χ1) is 7.08. The van der Waals surface area contributed by atoms with Crippen LogP contribution in [0.3, 0.4) is 0 Å². The molecule has 0 fully saturated rings. The molecule has 3 N–H and O–H groups in total. The van der Waals surface area contributed by atoms with Crippen molar-refractivity contribution >= 4 is 22.6 Å². The van der Waals surface area contributed by atoms with Gasteiger partial charge in [0.15, 0.2) is 0 Å². The molecule has 0 amide bonds. The van der Waals surface area contributed by atoms with E-state index in [9.17, 15) is 9.90 Å². The Morgan fingerprint density at radius 3 is 2.67 bits per heavy atom. The van der Waals surface area contributed by atoms with E-state index in [-0.39, 0.29) is 11.1 Å². The minimum atomic E-state index is -0.727. The largest absolute Gasteiger partial charge is 0.387 e. The number of hydrogen-bond acceptors (Lipinski definition) is 2. The van der Waals surface area contributed by atoms with Crippen molar-refractivity contribution in [2.45, 2.75) is 18.4 Å². The molecule has 80 valence electrons. The quantitative estimate of drug-likeness (QED) is 0.680. The second-order valence-electron chi connectivity index (χ2n) is 3.51. The van der Waals surface area contributed by atoms with Gasteiger partial charge in [-0.1, -0.05) is 6.07 Å². The fourth-order valence-electron chi connectivity index (χ4n) is 1.50. The standard InChI is InChI=1S/C10H11ClN2O2/c1-5(11)9(14)6-2-3-7-8(4-6)13-10(15)12-7/h2-5,9,14H,1H3,(H2,12,13,15). The second kappa shape index (κ2) is 3.72. The molecule has 1 aromatic heterocycles. The number of fused-ring (bicyclic) bond motifs is 1. The minimum absolute atomic E-state index is 0.254. The van der Waals surface area contributed by atoms with Crippen LogP contribution in [0.4, 0.5) is 0 Å². The number of alkyl halides is 1. The Morgan fingerprint density at radius 1 is 1.33 bits per heavy atom. The van der Waals surface area contributed by atoms with Crippen molar-refractivity contribution in [3.8, 4) is 0 Å². The van der Waals surface area contributed by atoms with Crippen LogP contribution in [0, 0.1) is 0 Å². The van der Waals surface area contributed by atoms with Crippen LogP contribution in [0.5, 0.6) is 0 Å². The van der Waals surface area contributed by atoms with Gasteiger partial charge in [0.1, 0.15) is 0 Å². The van der Waals surface area contributed by atoms with Gasteiger partial charge in [-0.25, -0.2) is 4.79 Å². The van der Waals surface area contributed by atoms with Crippen LogP contribution in [-0.2, 0) is 0 Å². The van der Waals surface area contributed by atoms with Gasteiger partial charge in [-0.15, -0.1) is 11.6 Å². The van der Waals surface area contributed by atoms with Gasteiger partial charge in [0.05, 0.1) is 22.5 Å². The zero-order valence-electron chi connectivity index (χ0n) is 8.12. The molecule has 0 aliphatic rings. The average molecular weight is 227 g/mol. The van der Waals surface area contributed by atoms with Crippen molar-refractivity contribution in [2.24, 2.45) is 0 Å². The number of hydrogen-bond donors (Lipinski definition) is 3. The summed E-state index contributed by atoms with van der Waals surface area (Å²) in [5, 5.41) is 9.36. The van der Waals surface area contributed by atoms with E-state index in [1.165, 1.54) is 0 Å². The Bertz CT molecular complexity index is 529. The number of H-pyrrole nitrogens is 2. The molecular formula is C10H11ClN2O2. The smallest absolute Gasteiger partial charge is 0.323 e.